The molecule has 1 aliphatic carbocycles. The Morgan fingerprint density at radius 1 is 1.25 bits per heavy atom. The summed E-state index contributed by atoms with van der Waals surface area (Å²) in [5.74, 6) is 0.848. The molecule has 0 bridgehead atoms. The van der Waals surface area contributed by atoms with Gasteiger partial charge in [0.05, 0.1) is 12.1 Å². The minimum atomic E-state index is -4.48. The zero-order chi connectivity index (χ0) is 19.9. The average molecular weight is 407 g/mol. The largest absolute Gasteiger partial charge is 0.459 e. The van der Waals surface area contributed by atoms with Gasteiger partial charge < -0.3 is 9.32 Å². The van der Waals surface area contributed by atoms with Crippen LogP contribution in [0.5, 0.6) is 0 Å². The monoisotopic (exact) mass is 407 g/mol. The number of halogens is 3. The minimum Gasteiger partial charge on any atom is -0.459 e. The molecule has 28 heavy (non-hydrogen) atoms. The van der Waals surface area contributed by atoms with Crippen molar-refractivity contribution >= 4 is 17.4 Å². The van der Waals surface area contributed by atoms with Crippen molar-refractivity contribution < 1.29 is 22.4 Å². The van der Waals surface area contributed by atoms with Gasteiger partial charge in [0.25, 0.3) is 5.91 Å². The normalized spacial score (nSPS) is 14.3. The summed E-state index contributed by atoms with van der Waals surface area (Å²) in [5, 5.41) is 0.304. The number of carbonyl (C=O) groups excluding carboxylic acids is 1. The Morgan fingerprint density at radius 2 is 2.00 bits per heavy atom. The van der Waals surface area contributed by atoms with Gasteiger partial charge in [0.2, 0.25) is 5.01 Å². The van der Waals surface area contributed by atoms with Crippen molar-refractivity contribution in [2.24, 2.45) is 0 Å². The highest BCUT2D eigenvalue weighted by Gasteiger charge is 2.36. The van der Waals surface area contributed by atoms with Gasteiger partial charge in [-0.15, -0.1) is 0 Å². The molecular formula is C19H16F3N3O2S. The zero-order valence-electron chi connectivity index (χ0n) is 14.9. The first-order chi connectivity index (χ1) is 13.3. The Bertz CT molecular complexity index is 1010. The molecule has 0 spiro atoms. The maximum Gasteiger partial charge on any atom is 0.417 e. The van der Waals surface area contributed by atoms with Crippen molar-refractivity contribution in [3.05, 3.63) is 58.6 Å². The van der Waals surface area contributed by atoms with E-state index in [1.807, 2.05) is 0 Å². The zero-order valence-corrected chi connectivity index (χ0v) is 15.7. The number of carbonyl (C=O) groups is 1. The van der Waals surface area contributed by atoms with Crippen LogP contribution in [-0.4, -0.2) is 26.2 Å². The van der Waals surface area contributed by atoms with Crippen LogP contribution >= 0.6 is 11.5 Å². The molecular weight excluding hydrogens is 391 g/mol. The van der Waals surface area contributed by atoms with Crippen molar-refractivity contribution in [1.29, 1.82) is 0 Å². The number of rotatable bonds is 5. The standard InChI is InChI=1S/C19H16F3N3O2S/c1-11-23-17(28-24-11)18(26)25(12-6-7-12)10-13-8-9-16(27-13)14-4-2-3-5-15(14)19(20,21)22/h2-5,8-9,12H,6-7,10H2,1H3. The molecule has 0 saturated heterocycles. The summed E-state index contributed by atoms with van der Waals surface area (Å²) in [7, 11) is 0. The highest BCUT2D eigenvalue weighted by Crippen LogP contribution is 2.38. The van der Waals surface area contributed by atoms with Gasteiger partial charge in [-0.3, -0.25) is 4.79 Å². The van der Waals surface area contributed by atoms with E-state index >= 15 is 0 Å². The molecule has 146 valence electrons. The van der Waals surface area contributed by atoms with Gasteiger partial charge in [0.15, 0.2) is 0 Å². The minimum absolute atomic E-state index is 0.0229. The van der Waals surface area contributed by atoms with E-state index in [0.29, 0.717) is 16.6 Å². The van der Waals surface area contributed by atoms with Gasteiger partial charge in [-0.2, -0.15) is 17.5 Å². The lowest BCUT2D eigenvalue weighted by atomic mass is 10.1. The molecule has 1 aromatic carbocycles. The van der Waals surface area contributed by atoms with Crippen LogP contribution in [0.3, 0.4) is 0 Å². The van der Waals surface area contributed by atoms with Crippen LogP contribution in [0.15, 0.2) is 40.8 Å². The van der Waals surface area contributed by atoms with Crippen LogP contribution < -0.4 is 0 Å². The molecule has 1 aliphatic rings. The first-order valence-electron chi connectivity index (χ1n) is 8.69. The van der Waals surface area contributed by atoms with Gasteiger partial charge in [-0.1, -0.05) is 18.2 Å². The quantitative estimate of drug-likeness (QED) is 0.602. The number of amides is 1. The summed E-state index contributed by atoms with van der Waals surface area (Å²) in [6.07, 6.45) is -2.71. The van der Waals surface area contributed by atoms with Gasteiger partial charge in [-0.05, 0) is 49.5 Å². The summed E-state index contributed by atoms with van der Waals surface area (Å²) in [6, 6.07) is 8.47. The lowest BCUT2D eigenvalue weighted by Crippen LogP contribution is -2.32. The van der Waals surface area contributed by atoms with E-state index in [2.05, 4.69) is 9.36 Å². The Kier molecular flexibility index (Phi) is 4.70. The first kappa shape index (κ1) is 18.7. The molecule has 0 unspecified atom stereocenters. The number of hydrogen-bond donors (Lipinski definition) is 0. The molecule has 2 heterocycles. The highest BCUT2D eigenvalue weighted by molar-refractivity contribution is 7.07. The summed E-state index contributed by atoms with van der Waals surface area (Å²) in [5.41, 5.74) is -0.777. The number of hydrogen-bond acceptors (Lipinski definition) is 5. The first-order valence-corrected chi connectivity index (χ1v) is 9.47. The number of aromatic nitrogens is 2. The number of aryl methyl sites for hydroxylation is 1. The molecule has 3 aromatic rings. The third kappa shape index (κ3) is 3.80. The SMILES string of the molecule is Cc1nsc(C(=O)N(Cc2ccc(-c3ccccc3C(F)(F)F)o2)C2CC2)n1. The molecule has 1 saturated carbocycles. The predicted octanol–water partition coefficient (Wildman–Crippen LogP) is 4.93. The average Bonchev–Trinajstić information content (AvgIpc) is 3.23. The Balaban J connectivity index is 1.59. The van der Waals surface area contributed by atoms with Crippen molar-refractivity contribution in [3.63, 3.8) is 0 Å². The van der Waals surface area contributed by atoms with Gasteiger partial charge >= 0.3 is 6.18 Å². The maximum absolute atomic E-state index is 13.3. The lowest BCUT2D eigenvalue weighted by molar-refractivity contribution is -0.137. The summed E-state index contributed by atoms with van der Waals surface area (Å²) >= 11 is 1.04. The van der Waals surface area contributed by atoms with E-state index in [4.69, 9.17) is 4.42 Å². The van der Waals surface area contributed by atoms with Gasteiger partial charge in [0.1, 0.15) is 17.3 Å². The molecule has 4 rings (SSSR count). The molecule has 1 amide bonds. The molecule has 9 heteroatoms. The highest BCUT2D eigenvalue weighted by atomic mass is 32.1. The maximum atomic E-state index is 13.3. The van der Waals surface area contributed by atoms with E-state index in [1.165, 1.54) is 24.3 Å². The lowest BCUT2D eigenvalue weighted by Gasteiger charge is -2.19. The number of nitrogens with zero attached hydrogens (tertiary/aromatic N) is 3. The Morgan fingerprint density at radius 3 is 2.64 bits per heavy atom. The fourth-order valence-electron chi connectivity index (χ4n) is 2.98. The molecule has 0 radical (unpaired) electrons. The second kappa shape index (κ2) is 7.05. The van der Waals surface area contributed by atoms with Gasteiger partial charge in [-0.25, -0.2) is 4.98 Å². The fraction of sp³-hybridized carbons (Fsp3) is 0.316. The van der Waals surface area contributed by atoms with E-state index in [9.17, 15) is 18.0 Å². The van der Waals surface area contributed by atoms with Crippen molar-refractivity contribution in [2.75, 3.05) is 0 Å². The molecule has 0 aliphatic heterocycles. The summed E-state index contributed by atoms with van der Waals surface area (Å²) < 4.78 is 49.5. The summed E-state index contributed by atoms with van der Waals surface area (Å²) in [4.78, 5) is 18.5. The van der Waals surface area contributed by atoms with Crippen LogP contribution in [-0.2, 0) is 12.7 Å². The topological polar surface area (TPSA) is 59.2 Å². The van der Waals surface area contributed by atoms with Crippen molar-refractivity contribution in [1.82, 2.24) is 14.3 Å². The molecule has 2 aromatic heterocycles. The van der Waals surface area contributed by atoms with E-state index in [0.717, 1.165) is 30.4 Å². The third-order valence-electron chi connectivity index (χ3n) is 4.44. The number of alkyl halides is 3. The molecule has 0 N–H and O–H groups in total. The fourth-order valence-corrected chi connectivity index (χ4v) is 3.61. The molecule has 5 nitrogen and oxygen atoms in total. The van der Waals surface area contributed by atoms with Crippen LogP contribution in [0.25, 0.3) is 11.3 Å². The molecule has 1 fully saturated rings. The van der Waals surface area contributed by atoms with E-state index in [-0.39, 0.29) is 29.8 Å². The van der Waals surface area contributed by atoms with Crippen LogP contribution in [0.2, 0.25) is 0 Å². The van der Waals surface area contributed by atoms with E-state index < -0.39 is 11.7 Å². The van der Waals surface area contributed by atoms with Crippen molar-refractivity contribution in [3.8, 4) is 11.3 Å². The second-order valence-electron chi connectivity index (χ2n) is 6.62. The van der Waals surface area contributed by atoms with Crippen molar-refractivity contribution in [2.45, 2.75) is 38.5 Å². The van der Waals surface area contributed by atoms with Crippen LogP contribution in [0, 0.1) is 6.92 Å². The predicted molar refractivity (Wildman–Crippen MR) is 96.7 cm³/mol. The Hall–Kier alpha value is -2.68. The Labute approximate surface area is 163 Å². The summed E-state index contributed by atoms with van der Waals surface area (Å²) in [6.45, 7) is 1.89. The van der Waals surface area contributed by atoms with Crippen LogP contribution in [0.1, 0.15) is 39.8 Å². The third-order valence-corrected chi connectivity index (χ3v) is 5.24. The van der Waals surface area contributed by atoms with E-state index in [1.54, 1.807) is 17.9 Å². The molecule has 0 atom stereocenters. The number of furan rings is 1. The van der Waals surface area contributed by atoms with Crippen LogP contribution in [0.4, 0.5) is 13.2 Å². The number of benzene rings is 1. The smallest absolute Gasteiger partial charge is 0.417 e. The van der Waals surface area contributed by atoms with Gasteiger partial charge in [0, 0.05) is 11.6 Å². The second-order valence-corrected chi connectivity index (χ2v) is 7.37.